The van der Waals surface area contributed by atoms with Gasteiger partial charge in [-0.2, -0.15) is 8.42 Å². The van der Waals surface area contributed by atoms with E-state index in [-0.39, 0.29) is 10.7 Å². The Hall–Kier alpha value is -2.51. The third-order valence-electron chi connectivity index (χ3n) is 3.03. The number of hydrogen-bond donors (Lipinski definition) is 0. The molecule has 0 N–H and O–H groups in total. The zero-order valence-corrected chi connectivity index (χ0v) is 13.7. The first-order valence-electron chi connectivity index (χ1n) is 6.61. The Bertz CT molecular complexity index is 922. The Labute approximate surface area is 143 Å². The second kappa shape index (κ2) is 7.37. The molecular formula is C16H11ClFNO4S. The lowest BCUT2D eigenvalue weighted by atomic mass is 10.1. The van der Waals surface area contributed by atoms with Gasteiger partial charge in [0.05, 0.1) is 14.8 Å². The number of hydrogen-bond acceptors (Lipinski definition) is 4. The van der Waals surface area contributed by atoms with Gasteiger partial charge < -0.3 is 0 Å². The van der Waals surface area contributed by atoms with Crippen LogP contribution in [-0.4, -0.2) is 13.3 Å². The summed E-state index contributed by atoms with van der Waals surface area (Å²) in [5, 5.41) is 10.9. The summed E-state index contributed by atoms with van der Waals surface area (Å²) in [5.41, 5.74) is 1.21. The number of benzene rings is 2. The maximum atomic E-state index is 12.8. The number of halogens is 2. The van der Waals surface area contributed by atoms with Gasteiger partial charge in [0.25, 0.3) is 5.69 Å². The standard InChI is InChI=1S/C16H11ClFNO4S/c17-16-11-14(19(20)21)8-7-13(16)4-2-1-3-12-5-9-15(10-6-12)24(18,22)23/h1-11H/b3-1+,4-2+. The van der Waals surface area contributed by atoms with Crippen LogP contribution in [0, 0.1) is 10.1 Å². The lowest BCUT2D eigenvalue weighted by molar-refractivity contribution is -0.384. The topological polar surface area (TPSA) is 77.3 Å². The normalized spacial score (nSPS) is 12.1. The van der Waals surface area contributed by atoms with Crippen LogP contribution in [0.5, 0.6) is 0 Å². The summed E-state index contributed by atoms with van der Waals surface area (Å²) >= 11 is 5.96. The van der Waals surface area contributed by atoms with E-state index in [0.29, 0.717) is 11.1 Å². The Morgan fingerprint density at radius 2 is 1.67 bits per heavy atom. The van der Waals surface area contributed by atoms with Crippen molar-refractivity contribution in [2.24, 2.45) is 0 Å². The van der Waals surface area contributed by atoms with Crippen molar-refractivity contribution in [3.05, 3.63) is 80.9 Å². The molecule has 0 radical (unpaired) electrons. The van der Waals surface area contributed by atoms with Crippen LogP contribution in [0.25, 0.3) is 12.2 Å². The highest BCUT2D eigenvalue weighted by atomic mass is 35.5. The molecule has 0 aliphatic rings. The van der Waals surface area contributed by atoms with Crippen LogP contribution < -0.4 is 0 Å². The van der Waals surface area contributed by atoms with Gasteiger partial charge in [-0.1, -0.05) is 48.0 Å². The van der Waals surface area contributed by atoms with Gasteiger partial charge in [-0.15, -0.1) is 3.89 Å². The van der Waals surface area contributed by atoms with Crippen molar-refractivity contribution in [1.29, 1.82) is 0 Å². The fourth-order valence-corrected chi connectivity index (χ4v) is 2.53. The van der Waals surface area contributed by atoms with E-state index in [4.69, 9.17) is 11.6 Å². The first-order valence-corrected chi connectivity index (χ1v) is 8.37. The molecule has 2 aromatic rings. The third-order valence-corrected chi connectivity index (χ3v) is 4.19. The fourth-order valence-electron chi connectivity index (χ4n) is 1.83. The quantitative estimate of drug-likeness (QED) is 0.334. The van der Waals surface area contributed by atoms with E-state index < -0.39 is 20.0 Å². The van der Waals surface area contributed by atoms with Crippen molar-refractivity contribution in [1.82, 2.24) is 0 Å². The lowest BCUT2D eigenvalue weighted by Crippen LogP contribution is -1.90. The van der Waals surface area contributed by atoms with Crippen molar-refractivity contribution in [3.63, 3.8) is 0 Å². The molecule has 0 amide bonds. The van der Waals surface area contributed by atoms with Crippen molar-refractivity contribution in [2.45, 2.75) is 4.90 Å². The van der Waals surface area contributed by atoms with E-state index in [9.17, 15) is 22.4 Å². The minimum absolute atomic E-state index is 0.0874. The van der Waals surface area contributed by atoms with Crippen LogP contribution in [0.3, 0.4) is 0 Å². The van der Waals surface area contributed by atoms with Gasteiger partial charge in [-0.25, -0.2) is 0 Å². The third kappa shape index (κ3) is 4.74. The Morgan fingerprint density at radius 3 is 2.21 bits per heavy atom. The molecule has 5 nitrogen and oxygen atoms in total. The summed E-state index contributed by atoms with van der Waals surface area (Å²) in [6.07, 6.45) is 6.71. The summed E-state index contributed by atoms with van der Waals surface area (Å²) in [4.78, 5) is 9.70. The Kier molecular flexibility index (Phi) is 5.48. The van der Waals surface area contributed by atoms with Crippen molar-refractivity contribution in [3.8, 4) is 0 Å². The maximum Gasteiger partial charge on any atom is 0.332 e. The van der Waals surface area contributed by atoms with Crippen LogP contribution >= 0.6 is 11.6 Å². The molecule has 0 spiro atoms. The summed E-state index contributed by atoms with van der Waals surface area (Å²) in [5.74, 6) is 0. The molecule has 124 valence electrons. The van der Waals surface area contributed by atoms with Crippen molar-refractivity contribution < 1.29 is 17.2 Å². The summed E-state index contributed by atoms with van der Waals surface area (Å²) < 4.78 is 34.2. The maximum absolute atomic E-state index is 12.8. The Balaban J connectivity index is 2.08. The molecule has 0 heterocycles. The second-order valence-corrected chi connectivity index (χ2v) is 6.44. The first-order chi connectivity index (χ1) is 11.3. The van der Waals surface area contributed by atoms with Gasteiger partial charge in [0.2, 0.25) is 0 Å². The zero-order chi connectivity index (χ0) is 17.7. The minimum Gasteiger partial charge on any atom is -0.258 e. The van der Waals surface area contributed by atoms with Gasteiger partial charge in [0, 0.05) is 12.1 Å². The van der Waals surface area contributed by atoms with Gasteiger partial charge in [0.1, 0.15) is 0 Å². The van der Waals surface area contributed by atoms with Crippen LogP contribution in [-0.2, 0) is 10.2 Å². The number of allylic oxidation sites excluding steroid dienone is 2. The van der Waals surface area contributed by atoms with E-state index in [0.717, 1.165) is 0 Å². The van der Waals surface area contributed by atoms with Crippen LogP contribution in [0.1, 0.15) is 11.1 Å². The van der Waals surface area contributed by atoms with Gasteiger partial charge in [0.15, 0.2) is 0 Å². The number of non-ortho nitro benzene ring substituents is 1. The summed E-state index contributed by atoms with van der Waals surface area (Å²) in [7, 11) is -4.70. The molecule has 2 aromatic carbocycles. The Morgan fingerprint density at radius 1 is 1.04 bits per heavy atom. The smallest absolute Gasteiger partial charge is 0.258 e. The van der Waals surface area contributed by atoms with Crippen LogP contribution in [0.4, 0.5) is 9.57 Å². The molecule has 24 heavy (non-hydrogen) atoms. The van der Waals surface area contributed by atoms with Gasteiger partial charge >= 0.3 is 10.2 Å². The molecule has 0 aliphatic carbocycles. The molecule has 0 saturated heterocycles. The molecule has 0 bridgehead atoms. The number of rotatable bonds is 5. The molecule has 0 saturated carbocycles. The summed E-state index contributed by atoms with van der Waals surface area (Å²) in [6, 6.07) is 9.43. The number of nitro groups is 1. The average Bonchev–Trinajstić information content (AvgIpc) is 2.52. The molecule has 0 fully saturated rings. The monoisotopic (exact) mass is 367 g/mol. The molecule has 0 atom stereocenters. The second-order valence-electron chi connectivity index (χ2n) is 4.69. The predicted octanol–water partition coefficient (Wildman–Crippen LogP) is 4.63. The van der Waals surface area contributed by atoms with E-state index >= 15 is 0 Å². The minimum atomic E-state index is -4.70. The van der Waals surface area contributed by atoms with Gasteiger partial charge in [-0.05, 0) is 29.3 Å². The lowest BCUT2D eigenvalue weighted by Gasteiger charge is -1.97. The van der Waals surface area contributed by atoms with Crippen LogP contribution in [0.15, 0.2) is 59.5 Å². The van der Waals surface area contributed by atoms with Gasteiger partial charge in [-0.3, -0.25) is 10.1 Å². The van der Waals surface area contributed by atoms with Crippen molar-refractivity contribution >= 4 is 39.7 Å². The average molecular weight is 368 g/mol. The van der Waals surface area contributed by atoms with E-state index in [1.807, 2.05) is 0 Å². The molecule has 0 aromatic heterocycles. The van der Waals surface area contributed by atoms with E-state index in [1.54, 1.807) is 24.3 Å². The van der Waals surface area contributed by atoms with Crippen LogP contribution in [0.2, 0.25) is 5.02 Å². The highest BCUT2D eigenvalue weighted by Gasteiger charge is 2.10. The molecule has 0 aliphatic heterocycles. The number of nitro benzene ring substituents is 1. The molecular weight excluding hydrogens is 357 g/mol. The highest BCUT2D eigenvalue weighted by molar-refractivity contribution is 7.86. The zero-order valence-electron chi connectivity index (χ0n) is 12.1. The van der Waals surface area contributed by atoms with E-state index in [2.05, 4.69) is 0 Å². The SMILES string of the molecule is O=[N+]([O-])c1ccc(/C=C/C=C/c2ccc(S(=O)(=O)F)cc2)c(Cl)c1. The summed E-state index contributed by atoms with van der Waals surface area (Å²) in [6.45, 7) is 0. The molecule has 8 heteroatoms. The predicted molar refractivity (Wildman–Crippen MR) is 90.9 cm³/mol. The largest absolute Gasteiger partial charge is 0.332 e. The molecule has 0 unspecified atom stereocenters. The van der Waals surface area contributed by atoms with Crippen molar-refractivity contribution in [2.75, 3.05) is 0 Å². The van der Waals surface area contributed by atoms with E-state index in [1.165, 1.54) is 42.5 Å². The molecule has 2 rings (SSSR count). The first kappa shape index (κ1) is 17.8. The number of nitrogens with zero attached hydrogens (tertiary/aromatic N) is 1. The fraction of sp³-hybridized carbons (Fsp3) is 0. The highest BCUT2D eigenvalue weighted by Crippen LogP contribution is 2.23.